The number of carbonyl (C=O) groups is 1. The molecule has 0 aliphatic heterocycles. The summed E-state index contributed by atoms with van der Waals surface area (Å²) in [6, 6.07) is 13.9. The van der Waals surface area contributed by atoms with Crippen LogP contribution >= 0.6 is 0 Å². The van der Waals surface area contributed by atoms with Crippen molar-refractivity contribution in [2.45, 2.75) is 6.92 Å². The zero-order valence-corrected chi connectivity index (χ0v) is 11.2. The summed E-state index contributed by atoms with van der Waals surface area (Å²) < 4.78 is 5.32. The van der Waals surface area contributed by atoms with Crippen LogP contribution in [-0.4, -0.2) is 17.5 Å². The normalized spacial score (nSPS) is 10.7. The number of phenols is 1. The third kappa shape index (κ3) is 3.48. The molecule has 3 heteroatoms. The fourth-order valence-corrected chi connectivity index (χ4v) is 1.77. The fraction of sp³-hybridized carbons (Fsp3) is 0.118. The Labute approximate surface area is 118 Å². The number of ether oxygens (including phenoxy) is 1. The van der Waals surface area contributed by atoms with Crippen molar-refractivity contribution in [3.05, 3.63) is 65.7 Å². The zero-order chi connectivity index (χ0) is 14.4. The van der Waals surface area contributed by atoms with Gasteiger partial charge in [0.15, 0.2) is 5.78 Å². The summed E-state index contributed by atoms with van der Waals surface area (Å²) >= 11 is 0. The number of hydrogen-bond donors (Lipinski definition) is 1. The van der Waals surface area contributed by atoms with Gasteiger partial charge in [-0.3, -0.25) is 4.79 Å². The topological polar surface area (TPSA) is 46.5 Å². The number of hydrogen-bond acceptors (Lipinski definition) is 3. The molecule has 2 aromatic carbocycles. The minimum atomic E-state index is -0.115. The number of para-hydroxylation sites is 1. The minimum Gasteiger partial charge on any atom is -0.507 e. The molecule has 0 saturated carbocycles. The van der Waals surface area contributed by atoms with E-state index < -0.39 is 0 Å². The van der Waals surface area contributed by atoms with Crippen LogP contribution < -0.4 is 4.74 Å². The van der Waals surface area contributed by atoms with Gasteiger partial charge in [0.25, 0.3) is 0 Å². The summed E-state index contributed by atoms with van der Waals surface area (Å²) in [5, 5.41) is 9.61. The van der Waals surface area contributed by atoms with Crippen LogP contribution in [0.5, 0.6) is 11.5 Å². The average molecular weight is 268 g/mol. The van der Waals surface area contributed by atoms with E-state index in [9.17, 15) is 9.90 Å². The van der Waals surface area contributed by atoms with Crippen molar-refractivity contribution in [1.29, 1.82) is 0 Å². The zero-order valence-electron chi connectivity index (χ0n) is 11.2. The van der Waals surface area contributed by atoms with Gasteiger partial charge in [-0.05, 0) is 49.4 Å². The molecule has 1 N–H and O–H groups in total. The van der Waals surface area contributed by atoms with E-state index >= 15 is 0 Å². The van der Waals surface area contributed by atoms with Crippen LogP contribution in [0.2, 0.25) is 0 Å². The number of ketones is 1. The lowest BCUT2D eigenvalue weighted by Crippen LogP contribution is -1.95. The van der Waals surface area contributed by atoms with E-state index in [-0.39, 0.29) is 11.5 Å². The van der Waals surface area contributed by atoms with E-state index in [0.29, 0.717) is 17.7 Å². The average Bonchev–Trinajstić information content (AvgIpc) is 2.47. The highest BCUT2D eigenvalue weighted by molar-refractivity contribution is 6.07. The van der Waals surface area contributed by atoms with Crippen molar-refractivity contribution in [3.8, 4) is 11.5 Å². The van der Waals surface area contributed by atoms with Crippen molar-refractivity contribution < 1.29 is 14.6 Å². The smallest absolute Gasteiger partial charge is 0.185 e. The van der Waals surface area contributed by atoms with Crippen molar-refractivity contribution in [1.82, 2.24) is 0 Å². The number of allylic oxidation sites excluding steroid dienone is 1. The Hall–Kier alpha value is -2.55. The highest BCUT2D eigenvalue weighted by atomic mass is 16.5. The summed E-state index contributed by atoms with van der Waals surface area (Å²) in [6.07, 6.45) is 3.05. The molecule has 3 nitrogen and oxygen atoms in total. The van der Waals surface area contributed by atoms with Gasteiger partial charge in [0.05, 0.1) is 6.61 Å². The summed E-state index contributed by atoms with van der Waals surface area (Å²) in [4.78, 5) is 12.0. The Bertz CT molecular complexity index is 612. The molecular formula is C17H16O3. The van der Waals surface area contributed by atoms with Crippen molar-refractivity contribution in [3.63, 3.8) is 0 Å². The van der Waals surface area contributed by atoms with Gasteiger partial charge in [0, 0.05) is 11.1 Å². The first kappa shape index (κ1) is 13.9. The predicted molar refractivity (Wildman–Crippen MR) is 79.1 cm³/mol. The van der Waals surface area contributed by atoms with Crippen molar-refractivity contribution in [2.24, 2.45) is 0 Å². The maximum atomic E-state index is 12.0. The lowest BCUT2D eigenvalue weighted by atomic mass is 10.1. The van der Waals surface area contributed by atoms with Crippen molar-refractivity contribution >= 4 is 11.9 Å². The molecule has 0 aromatic heterocycles. The number of aromatic hydroxyl groups is 1. The molecule has 20 heavy (non-hydrogen) atoms. The van der Waals surface area contributed by atoms with E-state index in [0.717, 1.165) is 5.75 Å². The molecule has 0 heterocycles. The molecule has 0 amide bonds. The Kier molecular flexibility index (Phi) is 4.56. The Morgan fingerprint density at radius 2 is 1.85 bits per heavy atom. The molecule has 0 fully saturated rings. The van der Waals surface area contributed by atoms with Crippen LogP contribution in [0.15, 0.2) is 54.6 Å². The quantitative estimate of drug-likeness (QED) is 0.664. The third-order valence-electron chi connectivity index (χ3n) is 2.80. The lowest BCUT2D eigenvalue weighted by Gasteiger charge is -2.03. The van der Waals surface area contributed by atoms with Crippen LogP contribution in [-0.2, 0) is 0 Å². The third-order valence-corrected chi connectivity index (χ3v) is 2.80. The molecule has 0 spiro atoms. The highest BCUT2D eigenvalue weighted by Crippen LogP contribution is 2.18. The standard InChI is InChI=1S/C17H16O3/c1-2-20-15-10-7-14(8-11-15)17(19)12-9-13-5-3-4-6-16(13)18/h3-12,18H,2H2,1H3. The fourth-order valence-electron chi connectivity index (χ4n) is 1.77. The Morgan fingerprint density at radius 1 is 1.15 bits per heavy atom. The molecule has 0 aliphatic carbocycles. The molecule has 0 aliphatic rings. The molecule has 102 valence electrons. The summed E-state index contributed by atoms with van der Waals surface area (Å²) in [5.41, 5.74) is 1.20. The second kappa shape index (κ2) is 6.57. The van der Waals surface area contributed by atoms with Gasteiger partial charge in [-0.2, -0.15) is 0 Å². The number of carbonyl (C=O) groups excluding carboxylic acids is 1. The first-order valence-corrected chi connectivity index (χ1v) is 6.44. The Morgan fingerprint density at radius 3 is 2.50 bits per heavy atom. The minimum absolute atomic E-state index is 0.115. The maximum Gasteiger partial charge on any atom is 0.185 e. The van der Waals surface area contributed by atoms with Gasteiger partial charge in [0.1, 0.15) is 11.5 Å². The number of benzene rings is 2. The maximum absolute atomic E-state index is 12.0. The second-order valence-electron chi connectivity index (χ2n) is 4.21. The summed E-state index contributed by atoms with van der Waals surface area (Å²) in [6.45, 7) is 2.51. The molecule has 0 saturated heterocycles. The van der Waals surface area contributed by atoms with E-state index in [1.807, 2.05) is 6.92 Å². The van der Waals surface area contributed by atoms with E-state index in [2.05, 4.69) is 0 Å². The van der Waals surface area contributed by atoms with Gasteiger partial charge >= 0.3 is 0 Å². The molecule has 0 unspecified atom stereocenters. The van der Waals surface area contributed by atoms with Crippen LogP contribution in [0.4, 0.5) is 0 Å². The van der Waals surface area contributed by atoms with Crippen LogP contribution in [0, 0.1) is 0 Å². The van der Waals surface area contributed by atoms with Crippen LogP contribution in [0.1, 0.15) is 22.8 Å². The van der Waals surface area contributed by atoms with Gasteiger partial charge in [-0.25, -0.2) is 0 Å². The SMILES string of the molecule is CCOc1ccc(C(=O)C=Cc2ccccc2O)cc1. The Balaban J connectivity index is 2.10. The monoisotopic (exact) mass is 268 g/mol. The molecule has 0 radical (unpaired) electrons. The number of phenolic OH excluding ortho intramolecular Hbond substituents is 1. The molecule has 0 atom stereocenters. The molecular weight excluding hydrogens is 252 g/mol. The van der Waals surface area contributed by atoms with Gasteiger partial charge in [-0.1, -0.05) is 18.2 Å². The van der Waals surface area contributed by atoms with Crippen molar-refractivity contribution in [2.75, 3.05) is 6.61 Å². The lowest BCUT2D eigenvalue weighted by molar-refractivity contribution is 0.104. The van der Waals surface area contributed by atoms with Gasteiger partial charge < -0.3 is 9.84 Å². The van der Waals surface area contributed by atoms with Gasteiger partial charge in [-0.15, -0.1) is 0 Å². The van der Waals surface area contributed by atoms with E-state index in [4.69, 9.17) is 4.74 Å². The summed E-state index contributed by atoms with van der Waals surface area (Å²) in [5.74, 6) is 0.785. The van der Waals surface area contributed by atoms with E-state index in [1.54, 1.807) is 54.6 Å². The van der Waals surface area contributed by atoms with E-state index in [1.165, 1.54) is 6.08 Å². The molecule has 2 rings (SSSR count). The first-order valence-electron chi connectivity index (χ1n) is 6.44. The van der Waals surface area contributed by atoms with Crippen LogP contribution in [0.3, 0.4) is 0 Å². The summed E-state index contributed by atoms with van der Waals surface area (Å²) in [7, 11) is 0. The molecule has 2 aromatic rings. The van der Waals surface area contributed by atoms with Gasteiger partial charge in [0.2, 0.25) is 0 Å². The highest BCUT2D eigenvalue weighted by Gasteiger charge is 2.02. The number of rotatable bonds is 5. The van der Waals surface area contributed by atoms with Crippen LogP contribution in [0.25, 0.3) is 6.08 Å². The largest absolute Gasteiger partial charge is 0.507 e. The first-order chi connectivity index (χ1) is 9.70. The second-order valence-corrected chi connectivity index (χ2v) is 4.21. The molecule has 0 bridgehead atoms. The predicted octanol–water partition coefficient (Wildman–Crippen LogP) is 3.69.